The fourth-order valence-corrected chi connectivity index (χ4v) is 9.54. The number of Topliss-reactive ketones (excluding diaryl/α,β-unsaturated/α-hetero) is 4. The Kier molecular flexibility index (Phi) is 10.4. The molecule has 0 amide bonds. The summed E-state index contributed by atoms with van der Waals surface area (Å²) in [7, 11) is 2.95. The van der Waals surface area contributed by atoms with Gasteiger partial charge < -0.3 is 29.9 Å². The van der Waals surface area contributed by atoms with Gasteiger partial charge in [0, 0.05) is 59.3 Å². The molecule has 2 heterocycles. The minimum absolute atomic E-state index is 0.0114. The number of aliphatic imine (C=N–C) groups is 2. The van der Waals surface area contributed by atoms with E-state index in [2.05, 4.69) is 9.98 Å². The second-order valence-electron chi connectivity index (χ2n) is 14.5. The Bertz CT molecular complexity index is 2180. The number of hydrogen-bond donors (Lipinski definition) is 4. The maximum Gasteiger partial charge on any atom is 0.175 e. The van der Waals surface area contributed by atoms with Crippen molar-refractivity contribution in [2.45, 2.75) is 66.2 Å². The van der Waals surface area contributed by atoms with Crippen molar-refractivity contribution in [3.05, 3.63) is 57.1 Å². The van der Waals surface area contributed by atoms with Crippen molar-refractivity contribution in [3.63, 3.8) is 0 Å². The zero-order chi connectivity index (χ0) is 41.3. The van der Waals surface area contributed by atoms with Crippen LogP contribution in [0.15, 0.2) is 33.7 Å². The van der Waals surface area contributed by atoms with E-state index in [1.165, 1.54) is 75.3 Å². The molecule has 0 fully saturated rings. The van der Waals surface area contributed by atoms with E-state index in [9.17, 15) is 49.2 Å². The van der Waals surface area contributed by atoms with Gasteiger partial charge in [-0.15, -0.1) is 0 Å². The van der Waals surface area contributed by atoms with Crippen molar-refractivity contribution < 1.29 is 58.7 Å². The van der Waals surface area contributed by atoms with E-state index in [-0.39, 0.29) is 80.9 Å². The van der Waals surface area contributed by atoms with Gasteiger partial charge in [-0.25, -0.2) is 0 Å². The number of carbonyl (C=O) groups excluding carboxylic acids is 6. The van der Waals surface area contributed by atoms with E-state index in [1.54, 1.807) is 13.8 Å². The summed E-state index contributed by atoms with van der Waals surface area (Å²) in [4.78, 5) is 88.3. The number of rotatable bonds is 11. The number of phenols is 4. The second-order valence-corrected chi connectivity index (χ2v) is 17.2. The molecule has 0 saturated heterocycles. The molecule has 0 spiro atoms. The predicted octanol–water partition coefficient (Wildman–Crippen LogP) is 5.14. The van der Waals surface area contributed by atoms with Gasteiger partial charge in [0.15, 0.2) is 34.7 Å². The lowest BCUT2D eigenvalue weighted by molar-refractivity contribution is -0.133. The maximum atomic E-state index is 14.0. The molecule has 0 bridgehead atoms. The van der Waals surface area contributed by atoms with E-state index in [0.29, 0.717) is 11.5 Å². The van der Waals surface area contributed by atoms with Crippen LogP contribution in [0.2, 0.25) is 0 Å². The van der Waals surface area contributed by atoms with Crippen LogP contribution in [0.25, 0.3) is 0 Å². The number of phenolic OH excluding ortho intramolecular Hbond substituents is 4. The minimum Gasteiger partial charge on any atom is -0.507 e. The van der Waals surface area contributed by atoms with Crippen LogP contribution in [0, 0.1) is 25.7 Å². The molecule has 0 aromatic heterocycles. The molecule has 2 aromatic rings. The van der Waals surface area contributed by atoms with Crippen molar-refractivity contribution in [2.75, 3.05) is 24.6 Å². The van der Waals surface area contributed by atoms with Gasteiger partial charge in [-0.2, -0.15) is 0 Å². The van der Waals surface area contributed by atoms with E-state index in [1.807, 2.05) is 0 Å². The summed E-state index contributed by atoms with van der Waals surface area (Å²) in [5, 5.41) is 43.1. The van der Waals surface area contributed by atoms with Crippen LogP contribution < -0.4 is 9.47 Å². The highest BCUT2D eigenvalue weighted by Crippen LogP contribution is 2.59. The van der Waals surface area contributed by atoms with Gasteiger partial charge >= 0.3 is 0 Å². The molecule has 2 aromatic carbocycles. The molecule has 6 rings (SSSR count). The lowest BCUT2D eigenvalue weighted by Gasteiger charge is -2.31. The van der Waals surface area contributed by atoms with Gasteiger partial charge in [0.05, 0.1) is 11.1 Å². The largest absolute Gasteiger partial charge is 0.507 e. The fraction of sp³-hybridized carbons (Fsp3) is 0.400. The summed E-state index contributed by atoms with van der Waals surface area (Å²) in [6, 6.07) is 0. The third-order valence-corrected chi connectivity index (χ3v) is 13.4. The summed E-state index contributed by atoms with van der Waals surface area (Å²) < 4.78 is 11.6. The number of ketones is 6. The van der Waals surface area contributed by atoms with Crippen molar-refractivity contribution in [1.82, 2.24) is 0 Å². The molecule has 4 unspecified atom stereocenters. The van der Waals surface area contributed by atoms with Crippen LogP contribution in [-0.2, 0) is 30.0 Å². The highest BCUT2D eigenvalue weighted by atomic mass is 33.1. The molecule has 4 N–H and O–H groups in total. The Hall–Kier alpha value is -5.22. The highest BCUT2D eigenvalue weighted by Gasteiger charge is 2.59. The molecule has 2 aliphatic heterocycles. The second kappa shape index (κ2) is 14.4. The van der Waals surface area contributed by atoms with Crippen molar-refractivity contribution in [2.24, 2.45) is 21.8 Å². The Morgan fingerprint density at radius 1 is 0.643 bits per heavy atom. The monoisotopic (exact) mass is 804 g/mol. The minimum atomic E-state index is -1.59. The molecule has 0 saturated carbocycles. The van der Waals surface area contributed by atoms with Crippen LogP contribution >= 0.6 is 21.6 Å². The van der Waals surface area contributed by atoms with Gasteiger partial charge in [0.1, 0.15) is 79.8 Å². The number of hydrogen-bond acceptors (Lipinski definition) is 16. The van der Waals surface area contributed by atoms with Crippen LogP contribution in [0.3, 0.4) is 0 Å². The number of carbonyl (C=O) groups is 6. The van der Waals surface area contributed by atoms with E-state index < -0.39 is 80.4 Å². The normalized spacial score (nSPS) is 24.1. The van der Waals surface area contributed by atoms with Gasteiger partial charge in [-0.05, 0) is 55.4 Å². The third kappa shape index (κ3) is 5.87. The Labute approximate surface area is 329 Å². The lowest BCUT2D eigenvalue weighted by Crippen LogP contribution is -2.47. The SMILES string of the molecule is CC(=O)c1c(O)c(C)c(O)c2c1OC1=CC(=O)C(C(C)=NCCSSCCN=C(C)C3C(=O)C=C4Oc5c(C(C)=O)c(O)c(C)c(O)c5C4(C)C3=O)C(=O)C12C. The molecule has 2 aliphatic carbocycles. The predicted molar refractivity (Wildman–Crippen MR) is 209 cm³/mol. The van der Waals surface area contributed by atoms with Gasteiger partial charge in [0.25, 0.3) is 0 Å². The van der Waals surface area contributed by atoms with Crippen LogP contribution in [0.1, 0.15) is 84.5 Å². The van der Waals surface area contributed by atoms with E-state index in [4.69, 9.17) is 9.47 Å². The fourth-order valence-electron chi connectivity index (χ4n) is 7.82. The third-order valence-electron chi connectivity index (χ3n) is 11.0. The first kappa shape index (κ1) is 40.4. The molecule has 0 radical (unpaired) electrons. The zero-order valence-electron chi connectivity index (χ0n) is 31.9. The average molecular weight is 805 g/mol. The summed E-state index contributed by atoms with van der Waals surface area (Å²) in [6.07, 6.45) is 2.36. The van der Waals surface area contributed by atoms with Crippen LogP contribution in [0.4, 0.5) is 0 Å². The molecule has 56 heavy (non-hydrogen) atoms. The molecule has 294 valence electrons. The standard InChI is InChI=1S/C40H40N2O12S2/c1-15-31(47)27(19(5)43)35-29(33(15)49)39(7)23(53-35)13-21(45)25(37(39)51)17(3)41-9-11-55-56-12-10-42-18(4)26-22(46)14-24-40(8,38(26)52)30-34(50)16(2)32(48)28(20(6)44)36(30)54-24/h13-14,25-26,47-50H,9-12H2,1-8H3. The number of benzene rings is 2. The Morgan fingerprint density at radius 3 is 1.30 bits per heavy atom. The van der Waals surface area contributed by atoms with Gasteiger partial charge in [-0.1, -0.05) is 21.6 Å². The summed E-state index contributed by atoms with van der Waals surface area (Å²) in [5.41, 5.74) is -2.93. The topological polar surface area (TPSA) is 227 Å². The van der Waals surface area contributed by atoms with Crippen molar-refractivity contribution in [1.29, 1.82) is 0 Å². The smallest absolute Gasteiger partial charge is 0.175 e. The molecule has 16 heteroatoms. The van der Waals surface area contributed by atoms with Crippen molar-refractivity contribution >= 4 is 67.7 Å². The number of fused-ring (bicyclic) bond motifs is 6. The first-order valence-corrected chi connectivity index (χ1v) is 20.1. The molecular formula is C40H40N2O12S2. The van der Waals surface area contributed by atoms with Gasteiger partial charge in [0.2, 0.25) is 0 Å². The average Bonchev–Trinajstić information content (AvgIpc) is 3.58. The summed E-state index contributed by atoms with van der Waals surface area (Å²) >= 11 is 0. The summed E-state index contributed by atoms with van der Waals surface area (Å²) in [5.74, 6) is -6.88. The zero-order valence-corrected chi connectivity index (χ0v) is 33.5. The quantitative estimate of drug-likeness (QED) is 0.0759. The molecule has 4 aliphatic rings. The summed E-state index contributed by atoms with van der Waals surface area (Å²) in [6.45, 7) is 12.0. The van der Waals surface area contributed by atoms with Crippen molar-refractivity contribution in [3.8, 4) is 34.5 Å². The van der Waals surface area contributed by atoms with Crippen LogP contribution in [-0.4, -0.2) is 91.1 Å². The molecule has 4 atom stereocenters. The number of aromatic hydroxyl groups is 4. The van der Waals surface area contributed by atoms with Gasteiger partial charge in [-0.3, -0.25) is 38.8 Å². The molecule has 14 nitrogen and oxygen atoms in total. The first-order chi connectivity index (χ1) is 26.2. The number of ether oxygens (including phenoxy) is 2. The number of allylic oxidation sites excluding steroid dienone is 4. The Morgan fingerprint density at radius 2 is 0.982 bits per heavy atom. The highest BCUT2D eigenvalue weighted by molar-refractivity contribution is 8.76. The number of nitrogens with zero attached hydrogens (tertiary/aromatic N) is 2. The molecular weight excluding hydrogens is 765 g/mol. The maximum absolute atomic E-state index is 14.0. The van der Waals surface area contributed by atoms with Crippen LogP contribution in [0.5, 0.6) is 34.5 Å². The van der Waals surface area contributed by atoms with E-state index >= 15 is 0 Å². The lowest BCUT2D eigenvalue weighted by atomic mass is 9.67. The Balaban J connectivity index is 1.07. The van der Waals surface area contributed by atoms with E-state index in [0.717, 1.165) is 0 Å². The first-order valence-electron chi connectivity index (χ1n) is 17.6.